The van der Waals surface area contributed by atoms with Crippen molar-refractivity contribution in [1.29, 1.82) is 0 Å². The van der Waals surface area contributed by atoms with E-state index in [0.29, 0.717) is 18.9 Å². The van der Waals surface area contributed by atoms with Crippen LogP contribution in [0.15, 0.2) is 35.1 Å². The molecule has 1 atom stereocenters. The molecule has 8 nitrogen and oxygen atoms in total. The van der Waals surface area contributed by atoms with Crippen LogP contribution in [0.2, 0.25) is 0 Å². The highest BCUT2D eigenvalue weighted by Crippen LogP contribution is 2.24. The zero-order valence-electron chi connectivity index (χ0n) is 17.1. The fraction of sp³-hybridized carbons (Fsp3) is 0.476. The van der Waals surface area contributed by atoms with Gasteiger partial charge in [0.05, 0.1) is 13.2 Å². The third kappa shape index (κ3) is 5.57. The quantitative estimate of drug-likeness (QED) is 0.724. The molecule has 0 saturated carbocycles. The lowest BCUT2D eigenvalue weighted by atomic mass is 10.1. The van der Waals surface area contributed by atoms with Crippen LogP contribution in [0.3, 0.4) is 0 Å². The van der Waals surface area contributed by atoms with E-state index in [2.05, 4.69) is 4.98 Å². The van der Waals surface area contributed by atoms with Gasteiger partial charge in [0.1, 0.15) is 18.3 Å². The molecular formula is C21H26N2O6. The van der Waals surface area contributed by atoms with Crippen molar-refractivity contribution in [3.63, 3.8) is 0 Å². The van der Waals surface area contributed by atoms with Gasteiger partial charge in [0.2, 0.25) is 0 Å². The number of benzene rings is 1. The molecule has 156 valence electrons. The van der Waals surface area contributed by atoms with Crippen LogP contribution >= 0.6 is 0 Å². The van der Waals surface area contributed by atoms with Crippen LogP contribution in [0.1, 0.15) is 36.8 Å². The van der Waals surface area contributed by atoms with E-state index in [4.69, 9.17) is 18.6 Å². The molecule has 0 spiro atoms. The zero-order chi connectivity index (χ0) is 21.0. The highest BCUT2D eigenvalue weighted by molar-refractivity contribution is 5.93. The van der Waals surface area contributed by atoms with Gasteiger partial charge in [0.25, 0.3) is 0 Å². The lowest BCUT2D eigenvalue weighted by Crippen LogP contribution is -2.49. The monoisotopic (exact) mass is 402 g/mol. The Bertz CT molecular complexity index is 853. The summed E-state index contributed by atoms with van der Waals surface area (Å²) < 4.78 is 21.8. The van der Waals surface area contributed by atoms with E-state index in [1.165, 1.54) is 6.39 Å². The fourth-order valence-corrected chi connectivity index (χ4v) is 2.85. The van der Waals surface area contributed by atoms with Gasteiger partial charge in [-0.2, -0.15) is 0 Å². The van der Waals surface area contributed by atoms with E-state index >= 15 is 0 Å². The van der Waals surface area contributed by atoms with Crippen molar-refractivity contribution < 1.29 is 28.2 Å². The summed E-state index contributed by atoms with van der Waals surface area (Å²) in [6.45, 7) is 8.48. The van der Waals surface area contributed by atoms with Crippen molar-refractivity contribution >= 4 is 12.1 Å². The first-order valence-corrected chi connectivity index (χ1v) is 9.50. The summed E-state index contributed by atoms with van der Waals surface area (Å²) in [7, 11) is 0. The Hall–Kier alpha value is -2.87. The van der Waals surface area contributed by atoms with Crippen LogP contribution < -0.4 is 0 Å². The number of aromatic nitrogens is 1. The van der Waals surface area contributed by atoms with Gasteiger partial charge in [0, 0.05) is 12.1 Å². The number of ether oxygens (including phenoxy) is 3. The average molecular weight is 402 g/mol. The van der Waals surface area contributed by atoms with Crippen LogP contribution in [0.5, 0.6) is 0 Å². The standard InChI is InChI=1S/C21H26N2O6/c1-14-5-7-15(8-6-14)18-17(22-13-28-18)19(24)27-12-16-11-23(9-10-26-16)20(25)29-21(2,3)4/h5-8,13,16H,9-12H2,1-4H3/t16-/m0/s1. The predicted molar refractivity (Wildman–Crippen MR) is 105 cm³/mol. The molecule has 1 amide bonds. The second-order valence-electron chi connectivity index (χ2n) is 7.91. The van der Waals surface area contributed by atoms with E-state index in [1.54, 1.807) is 4.90 Å². The molecule has 8 heteroatoms. The molecule has 1 fully saturated rings. The Labute approximate surface area is 169 Å². The first kappa shape index (κ1) is 20.9. The predicted octanol–water partition coefficient (Wildman–Crippen LogP) is 3.44. The summed E-state index contributed by atoms with van der Waals surface area (Å²) in [5, 5.41) is 0. The Morgan fingerprint density at radius 3 is 2.66 bits per heavy atom. The summed E-state index contributed by atoms with van der Waals surface area (Å²) in [6.07, 6.45) is 0.373. The van der Waals surface area contributed by atoms with Gasteiger partial charge in [0.15, 0.2) is 17.8 Å². The number of carbonyl (C=O) groups is 2. The lowest BCUT2D eigenvalue weighted by molar-refractivity contribution is -0.0639. The van der Waals surface area contributed by atoms with Crippen molar-refractivity contribution in [3.05, 3.63) is 41.9 Å². The van der Waals surface area contributed by atoms with Gasteiger partial charge in [-0.05, 0) is 27.7 Å². The molecule has 1 saturated heterocycles. The smallest absolute Gasteiger partial charge is 0.410 e. The minimum absolute atomic E-state index is 0.00166. The molecule has 0 unspecified atom stereocenters. The molecule has 0 N–H and O–H groups in total. The molecule has 0 bridgehead atoms. The average Bonchev–Trinajstić information content (AvgIpc) is 3.15. The topological polar surface area (TPSA) is 91.1 Å². The number of hydrogen-bond acceptors (Lipinski definition) is 7. The summed E-state index contributed by atoms with van der Waals surface area (Å²) in [6, 6.07) is 7.56. The van der Waals surface area contributed by atoms with E-state index in [-0.39, 0.29) is 18.8 Å². The molecule has 1 aliphatic heterocycles. The highest BCUT2D eigenvalue weighted by Gasteiger charge is 2.29. The van der Waals surface area contributed by atoms with Crippen molar-refractivity contribution in [2.24, 2.45) is 0 Å². The van der Waals surface area contributed by atoms with E-state index in [1.807, 2.05) is 52.0 Å². The van der Waals surface area contributed by atoms with E-state index in [0.717, 1.165) is 11.1 Å². The SMILES string of the molecule is Cc1ccc(-c2ocnc2C(=O)OC[C@@H]2CN(C(=O)OC(C)(C)C)CCO2)cc1. The second-order valence-corrected chi connectivity index (χ2v) is 7.91. The van der Waals surface area contributed by atoms with Crippen molar-refractivity contribution in [2.75, 3.05) is 26.3 Å². The van der Waals surface area contributed by atoms with Gasteiger partial charge in [-0.15, -0.1) is 0 Å². The fourth-order valence-electron chi connectivity index (χ4n) is 2.85. The Kier molecular flexibility index (Phi) is 6.22. The molecule has 1 aromatic carbocycles. The minimum atomic E-state index is -0.604. The maximum Gasteiger partial charge on any atom is 0.410 e. The molecule has 1 aromatic heterocycles. The van der Waals surface area contributed by atoms with Crippen LogP contribution in [-0.4, -0.2) is 60.0 Å². The van der Waals surface area contributed by atoms with Crippen LogP contribution in [0.4, 0.5) is 4.79 Å². The molecule has 0 radical (unpaired) electrons. The number of esters is 1. The number of nitrogens with zero attached hydrogens (tertiary/aromatic N) is 2. The zero-order valence-corrected chi connectivity index (χ0v) is 17.1. The molecule has 0 aliphatic carbocycles. The van der Waals surface area contributed by atoms with Gasteiger partial charge in [-0.25, -0.2) is 14.6 Å². The van der Waals surface area contributed by atoms with Gasteiger partial charge in [-0.3, -0.25) is 0 Å². The van der Waals surface area contributed by atoms with Gasteiger partial charge < -0.3 is 23.5 Å². The summed E-state index contributed by atoms with van der Waals surface area (Å²) >= 11 is 0. The molecule has 2 heterocycles. The lowest BCUT2D eigenvalue weighted by Gasteiger charge is -2.33. The maximum absolute atomic E-state index is 12.5. The number of aryl methyl sites for hydroxylation is 1. The third-order valence-electron chi connectivity index (χ3n) is 4.27. The molecule has 3 rings (SSSR count). The first-order chi connectivity index (χ1) is 13.7. The highest BCUT2D eigenvalue weighted by atomic mass is 16.6. The Morgan fingerprint density at radius 2 is 1.97 bits per heavy atom. The van der Waals surface area contributed by atoms with Crippen molar-refractivity contribution in [3.8, 4) is 11.3 Å². The number of amides is 1. The minimum Gasteiger partial charge on any atom is -0.458 e. The number of carbonyl (C=O) groups excluding carboxylic acids is 2. The summed E-state index contributed by atoms with van der Waals surface area (Å²) in [5.74, 6) is -0.248. The van der Waals surface area contributed by atoms with Crippen LogP contribution in [0, 0.1) is 6.92 Å². The van der Waals surface area contributed by atoms with E-state index < -0.39 is 23.8 Å². The normalized spacial score (nSPS) is 17.1. The number of morpholine rings is 1. The van der Waals surface area contributed by atoms with E-state index in [9.17, 15) is 9.59 Å². The van der Waals surface area contributed by atoms with Crippen molar-refractivity contribution in [2.45, 2.75) is 39.4 Å². The van der Waals surface area contributed by atoms with Crippen LogP contribution in [0.25, 0.3) is 11.3 Å². The van der Waals surface area contributed by atoms with Crippen LogP contribution in [-0.2, 0) is 14.2 Å². The van der Waals surface area contributed by atoms with Gasteiger partial charge in [-0.1, -0.05) is 29.8 Å². The summed E-state index contributed by atoms with van der Waals surface area (Å²) in [4.78, 5) is 30.3. The first-order valence-electron chi connectivity index (χ1n) is 9.50. The largest absolute Gasteiger partial charge is 0.458 e. The molecule has 1 aliphatic rings. The van der Waals surface area contributed by atoms with Gasteiger partial charge >= 0.3 is 12.1 Å². The van der Waals surface area contributed by atoms with Crippen molar-refractivity contribution in [1.82, 2.24) is 9.88 Å². The Balaban J connectivity index is 1.58. The Morgan fingerprint density at radius 1 is 1.24 bits per heavy atom. The summed E-state index contributed by atoms with van der Waals surface area (Å²) in [5.41, 5.74) is 1.37. The number of oxazole rings is 1. The number of hydrogen-bond donors (Lipinski definition) is 0. The third-order valence-corrected chi connectivity index (χ3v) is 4.27. The number of rotatable bonds is 4. The maximum atomic E-state index is 12.5. The molecule has 29 heavy (non-hydrogen) atoms. The molecular weight excluding hydrogens is 376 g/mol. The second kappa shape index (κ2) is 8.65. The molecule has 2 aromatic rings.